The van der Waals surface area contributed by atoms with Crippen LogP contribution in [0.1, 0.15) is 12.0 Å². The molecule has 1 heterocycles. The van der Waals surface area contributed by atoms with E-state index in [2.05, 4.69) is 10.6 Å². The number of anilines is 1. The van der Waals surface area contributed by atoms with E-state index in [-0.39, 0.29) is 24.2 Å². The van der Waals surface area contributed by atoms with Gasteiger partial charge in [0, 0.05) is 13.0 Å². The molecule has 1 aliphatic heterocycles. The van der Waals surface area contributed by atoms with Crippen LogP contribution in [0.2, 0.25) is 10.0 Å². The molecule has 4 nitrogen and oxygen atoms in total. The van der Waals surface area contributed by atoms with Crippen LogP contribution in [0.5, 0.6) is 0 Å². The van der Waals surface area contributed by atoms with E-state index in [0.717, 1.165) is 5.56 Å². The van der Waals surface area contributed by atoms with Crippen molar-refractivity contribution < 1.29 is 9.59 Å². The van der Waals surface area contributed by atoms with Crippen LogP contribution in [0.15, 0.2) is 12.1 Å². The lowest BCUT2D eigenvalue weighted by Gasteiger charge is -2.13. The summed E-state index contributed by atoms with van der Waals surface area (Å²) in [4.78, 5) is 23.0. The number of carbonyl (C=O) groups is 2. The van der Waals surface area contributed by atoms with Crippen molar-refractivity contribution in [1.82, 2.24) is 5.32 Å². The standard InChI is InChI=1S/C12H12Cl2N2O2/c1-6-2-3-8(13)11(10(6)14)16-12(18)7-4-9(17)15-5-7/h2-3,7H,4-5H2,1H3,(H,15,17)(H,16,18). The molecule has 0 bridgehead atoms. The molecule has 2 rings (SSSR count). The van der Waals surface area contributed by atoms with Gasteiger partial charge in [0.15, 0.2) is 0 Å². The lowest BCUT2D eigenvalue weighted by atomic mass is 10.1. The van der Waals surface area contributed by atoms with Gasteiger partial charge in [-0.25, -0.2) is 0 Å². The van der Waals surface area contributed by atoms with Crippen molar-refractivity contribution in [2.45, 2.75) is 13.3 Å². The maximum Gasteiger partial charge on any atom is 0.229 e. The average molecular weight is 287 g/mol. The number of nitrogens with one attached hydrogen (secondary N) is 2. The van der Waals surface area contributed by atoms with E-state index in [0.29, 0.717) is 22.3 Å². The third kappa shape index (κ3) is 2.60. The molecule has 96 valence electrons. The summed E-state index contributed by atoms with van der Waals surface area (Å²) in [6, 6.07) is 3.46. The highest BCUT2D eigenvalue weighted by Crippen LogP contribution is 2.33. The zero-order valence-corrected chi connectivity index (χ0v) is 11.2. The first-order chi connectivity index (χ1) is 8.49. The Morgan fingerprint density at radius 3 is 2.78 bits per heavy atom. The third-order valence-electron chi connectivity index (χ3n) is 2.88. The van der Waals surface area contributed by atoms with Crippen LogP contribution < -0.4 is 10.6 Å². The van der Waals surface area contributed by atoms with Gasteiger partial charge in [0.1, 0.15) is 0 Å². The van der Waals surface area contributed by atoms with Gasteiger partial charge in [-0.1, -0.05) is 29.3 Å². The molecule has 1 unspecified atom stereocenters. The van der Waals surface area contributed by atoms with Crippen molar-refractivity contribution in [2.75, 3.05) is 11.9 Å². The van der Waals surface area contributed by atoms with Gasteiger partial charge in [0.25, 0.3) is 0 Å². The van der Waals surface area contributed by atoms with E-state index < -0.39 is 0 Å². The number of aryl methyl sites for hydroxylation is 1. The van der Waals surface area contributed by atoms with E-state index in [9.17, 15) is 9.59 Å². The van der Waals surface area contributed by atoms with E-state index in [4.69, 9.17) is 23.2 Å². The van der Waals surface area contributed by atoms with Crippen LogP contribution in [0.3, 0.4) is 0 Å². The van der Waals surface area contributed by atoms with Crippen molar-refractivity contribution in [3.05, 3.63) is 27.7 Å². The van der Waals surface area contributed by atoms with Crippen molar-refractivity contribution in [3.63, 3.8) is 0 Å². The first-order valence-electron chi connectivity index (χ1n) is 5.51. The SMILES string of the molecule is Cc1ccc(Cl)c(NC(=O)C2CNC(=O)C2)c1Cl. The van der Waals surface area contributed by atoms with Gasteiger partial charge in [-0.2, -0.15) is 0 Å². The van der Waals surface area contributed by atoms with Gasteiger partial charge in [-0.3, -0.25) is 9.59 Å². The molecule has 0 aliphatic carbocycles. The van der Waals surface area contributed by atoms with Crippen LogP contribution in [0.4, 0.5) is 5.69 Å². The zero-order chi connectivity index (χ0) is 13.3. The largest absolute Gasteiger partial charge is 0.355 e. The fraction of sp³-hybridized carbons (Fsp3) is 0.333. The number of halogens is 2. The summed E-state index contributed by atoms with van der Waals surface area (Å²) in [6.45, 7) is 2.18. The van der Waals surface area contributed by atoms with E-state index in [1.807, 2.05) is 6.92 Å². The number of hydrogen-bond donors (Lipinski definition) is 2. The van der Waals surface area contributed by atoms with Crippen LogP contribution in [0, 0.1) is 12.8 Å². The molecule has 1 aliphatic rings. The Kier molecular flexibility index (Phi) is 3.78. The van der Waals surface area contributed by atoms with Gasteiger partial charge >= 0.3 is 0 Å². The molecule has 6 heteroatoms. The van der Waals surface area contributed by atoms with Crippen molar-refractivity contribution in [3.8, 4) is 0 Å². The molecular weight excluding hydrogens is 275 g/mol. The van der Waals surface area contributed by atoms with Gasteiger partial charge < -0.3 is 10.6 Å². The Morgan fingerprint density at radius 1 is 1.44 bits per heavy atom. The summed E-state index contributed by atoms with van der Waals surface area (Å²) in [7, 11) is 0. The summed E-state index contributed by atoms with van der Waals surface area (Å²) in [6.07, 6.45) is 0.201. The molecule has 0 saturated carbocycles. The summed E-state index contributed by atoms with van der Waals surface area (Å²) in [5.41, 5.74) is 1.24. The van der Waals surface area contributed by atoms with Crippen LogP contribution >= 0.6 is 23.2 Å². The molecule has 2 N–H and O–H groups in total. The predicted molar refractivity (Wildman–Crippen MR) is 70.9 cm³/mol. The van der Waals surface area contributed by atoms with Crippen LogP contribution in [-0.4, -0.2) is 18.4 Å². The number of rotatable bonds is 2. The predicted octanol–water partition coefficient (Wildman–Crippen LogP) is 2.38. The first kappa shape index (κ1) is 13.2. The molecule has 1 aromatic carbocycles. The first-order valence-corrected chi connectivity index (χ1v) is 6.27. The van der Waals surface area contributed by atoms with Gasteiger partial charge in [0.2, 0.25) is 11.8 Å². The Morgan fingerprint density at radius 2 is 2.17 bits per heavy atom. The molecule has 0 radical (unpaired) electrons. The Balaban J connectivity index is 2.17. The number of hydrogen-bond acceptors (Lipinski definition) is 2. The number of carbonyl (C=O) groups excluding carboxylic acids is 2. The highest BCUT2D eigenvalue weighted by atomic mass is 35.5. The van der Waals surface area contributed by atoms with Gasteiger partial charge in [0.05, 0.1) is 21.7 Å². The molecule has 1 aromatic rings. The molecule has 0 spiro atoms. The monoisotopic (exact) mass is 286 g/mol. The quantitative estimate of drug-likeness (QED) is 0.877. The highest BCUT2D eigenvalue weighted by molar-refractivity contribution is 6.40. The number of amides is 2. The Labute approximate surface area is 115 Å². The Bertz CT molecular complexity index is 517. The fourth-order valence-corrected chi connectivity index (χ4v) is 2.25. The summed E-state index contributed by atoms with van der Waals surface area (Å²) >= 11 is 12.1. The normalized spacial score (nSPS) is 18.6. The second kappa shape index (κ2) is 5.16. The highest BCUT2D eigenvalue weighted by Gasteiger charge is 2.28. The number of benzene rings is 1. The minimum Gasteiger partial charge on any atom is -0.355 e. The summed E-state index contributed by atoms with van der Waals surface area (Å²) in [5.74, 6) is -0.732. The minimum atomic E-state index is -0.370. The van der Waals surface area contributed by atoms with Gasteiger partial charge in [-0.05, 0) is 18.6 Å². The second-order valence-electron chi connectivity index (χ2n) is 4.25. The summed E-state index contributed by atoms with van der Waals surface area (Å²) < 4.78 is 0. The molecule has 0 aromatic heterocycles. The fourth-order valence-electron chi connectivity index (χ4n) is 1.79. The van der Waals surface area contributed by atoms with Crippen molar-refractivity contribution in [2.24, 2.45) is 5.92 Å². The maximum atomic E-state index is 12.0. The topological polar surface area (TPSA) is 58.2 Å². The van der Waals surface area contributed by atoms with E-state index >= 15 is 0 Å². The van der Waals surface area contributed by atoms with Gasteiger partial charge in [-0.15, -0.1) is 0 Å². The molecule has 1 saturated heterocycles. The molecule has 1 atom stereocenters. The molecule has 2 amide bonds. The summed E-state index contributed by atoms with van der Waals surface area (Å²) in [5, 5.41) is 6.11. The smallest absolute Gasteiger partial charge is 0.229 e. The van der Waals surface area contributed by atoms with Crippen LogP contribution in [0.25, 0.3) is 0 Å². The lowest BCUT2D eigenvalue weighted by Crippen LogP contribution is -2.25. The Hall–Kier alpha value is -1.26. The molecule has 1 fully saturated rings. The third-order valence-corrected chi connectivity index (χ3v) is 3.68. The van der Waals surface area contributed by atoms with Crippen LogP contribution in [-0.2, 0) is 9.59 Å². The lowest BCUT2D eigenvalue weighted by molar-refractivity contribution is -0.123. The second-order valence-corrected chi connectivity index (χ2v) is 5.03. The maximum absolute atomic E-state index is 12.0. The van der Waals surface area contributed by atoms with Crippen molar-refractivity contribution >= 4 is 40.7 Å². The van der Waals surface area contributed by atoms with E-state index in [1.54, 1.807) is 12.1 Å². The van der Waals surface area contributed by atoms with Crippen molar-refractivity contribution in [1.29, 1.82) is 0 Å². The van der Waals surface area contributed by atoms with E-state index in [1.165, 1.54) is 0 Å². The minimum absolute atomic E-state index is 0.114. The zero-order valence-electron chi connectivity index (χ0n) is 9.72. The molecular formula is C12H12Cl2N2O2. The average Bonchev–Trinajstić information content (AvgIpc) is 2.76. The molecule has 18 heavy (non-hydrogen) atoms.